The molecule has 0 saturated carbocycles. The first-order chi connectivity index (χ1) is 10.1. The Morgan fingerprint density at radius 1 is 1.38 bits per heavy atom. The Hall–Kier alpha value is -0.810. The Bertz CT molecular complexity index is 469. The monoisotopic (exact) mass is 311 g/mol. The van der Waals surface area contributed by atoms with Crippen LogP contribution in [0.4, 0.5) is 0 Å². The van der Waals surface area contributed by atoms with E-state index >= 15 is 0 Å². The lowest BCUT2D eigenvalue weighted by atomic mass is 9.96. The predicted octanol–water partition coefficient (Wildman–Crippen LogP) is 2.25. The number of ether oxygens (including phenoxy) is 1. The summed E-state index contributed by atoms with van der Waals surface area (Å²) in [5.41, 5.74) is 1.23. The van der Waals surface area contributed by atoms with Gasteiger partial charge in [-0.1, -0.05) is 24.6 Å². The minimum absolute atomic E-state index is 0.272. The number of methoxy groups -OCH3 is 1. The molecule has 2 unspecified atom stereocenters. The van der Waals surface area contributed by atoms with E-state index in [1.807, 2.05) is 6.07 Å². The van der Waals surface area contributed by atoms with Crippen LogP contribution in [0.3, 0.4) is 0 Å². The van der Waals surface area contributed by atoms with Gasteiger partial charge in [-0.2, -0.15) is 0 Å². The normalized spacial score (nSPS) is 22.2. The Morgan fingerprint density at radius 3 is 2.81 bits per heavy atom. The fraction of sp³-hybridized carbons (Fsp3) is 0.625. The topological polar surface area (TPSA) is 27.7 Å². The van der Waals surface area contributed by atoms with E-state index in [0.29, 0.717) is 11.1 Å². The number of benzene rings is 1. The predicted molar refractivity (Wildman–Crippen MR) is 88.3 cm³/mol. The standard InChI is InChI=1S/C16H26ClN3O/c1-5-18-16(14-11-19(2)8-9-20(14)3)12-6-7-13(17)15(10-12)21-4/h6-7,10,14,16,18H,5,8-9,11H2,1-4H3. The highest BCUT2D eigenvalue weighted by molar-refractivity contribution is 6.32. The summed E-state index contributed by atoms with van der Waals surface area (Å²) in [5, 5.41) is 4.28. The molecule has 1 aromatic carbocycles. The van der Waals surface area contributed by atoms with Crippen LogP contribution in [0.15, 0.2) is 18.2 Å². The Labute approximate surface area is 133 Å². The molecule has 21 heavy (non-hydrogen) atoms. The average molecular weight is 312 g/mol. The molecule has 0 aliphatic carbocycles. The second-order valence-corrected chi connectivity index (χ2v) is 6.15. The van der Waals surface area contributed by atoms with E-state index in [9.17, 15) is 0 Å². The minimum atomic E-state index is 0.272. The molecular formula is C16H26ClN3O. The molecular weight excluding hydrogens is 286 g/mol. The van der Waals surface area contributed by atoms with Crippen molar-refractivity contribution in [1.29, 1.82) is 0 Å². The lowest BCUT2D eigenvalue weighted by molar-refractivity contribution is 0.0880. The van der Waals surface area contributed by atoms with Gasteiger partial charge in [0.25, 0.3) is 0 Å². The zero-order valence-electron chi connectivity index (χ0n) is 13.4. The summed E-state index contributed by atoms with van der Waals surface area (Å²) in [6, 6.07) is 6.79. The number of hydrogen-bond donors (Lipinski definition) is 1. The molecule has 5 heteroatoms. The molecule has 0 radical (unpaired) electrons. The lowest BCUT2D eigenvalue weighted by Crippen LogP contribution is -2.55. The maximum atomic E-state index is 6.15. The number of likely N-dealkylation sites (N-methyl/N-ethyl adjacent to an activating group) is 3. The van der Waals surface area contributed by atoms with E-state index < -0.39 is 0 Å². The molecule has 1 aromatic rings. The fourth-order valence-electron chi connectivity index (χ4n) is 2.97. The maximum Gasteiger partial charge on any atom is 0.137 e. The van der Waals surface area contributed by atoms with Crippen molar-refractivity contribution >= 4 is 11.6 Å². The zero-order chi connectivity index (χ0) is 15.4. The van der Waals surface area contributed by atoms with Crippen molar-refractivity contribution in [3.8, 4) is 5.75 Å². The van der Waals surface area contributed by atoms with Gasteiger partial charge in [0, 0.05) is 31.7 Å². The van der Waals surface area contributed by atoms with Crippen LogP contribution in [0.1, 0.15) is 18.5 Å². The molecule has 2 rings (SSSR count). The van der Waals surface area contributed by atoms with Gasteiger partial charge < -0.3 is 15.0 Å². The molecule has 1 fully saturated rings. The van der Waals surface area contributed by atoms with Crippen LogP contribution in [0.5, 0.6) is 5.75 Å². The molecule has 0 bridgehead atoms. The van der Waals surface area contributed by atoms with Crippen molar-refractivity contribution in [3.63, 3.8) is 0 Å². The Balaban J connectivity index is 2.29. The summed E-state index contributed by atoms with van der Waals surface area (Å²) in [4.78, 5) is 4.83. The summed E-state index contributed by atoms with van der Waals surface area (Å²) < 4.78 is 5.37. The van der Waals surface area contributed by atoms with E-state index in [1.54, 1.807) is 7.11 Å². The number of nitrogens with zero attached hydrogens (tertiary/aromatic N) is 2. The number of nitrogens with one attached hydrogen (secondary N) is 1. The van der Waals surface area contributed by atoms with Gasteiger partial charge in [0.05, 0.1) is 12.1 Å². The number of hydrogen-bond acceptors (Lipinski definition) is 4. The van der Waals surface area contributed by atoms with Gasteiger partial charge in [-0.3, -0.25) is 4.90 Å². The van der Waals surface area contributed by atoms with Crippen LogP contribution in [0.2, 0.25) is 5.02 Å². The number of halogens is 1. The first-order valence-corrected chi connectivity index (χ1v) is 7.90. The van der Waals surface area contributed by atoms with Crippen molar-refractivity contribution in [2.24, 2.45) is 0 Å². The summed E-state index contributed by atoms with van der Waals surface area (Å²) in [6.45, 7) is 6.35. The van der Waals surface area contributed by atoms with Crippen molar-refractivity contribution < 1.29 is 4.74 Å². The van der Waals surface area contributed by atoms with Gasteiger partial charge in [-0.25, -0.2) is 0 Å². The third-order valence-electron chi connectivity index (χ3n) is 4.24. The second kappa shape index (κ2) is 7.45. The molecule has 1 aliphatic rings. The number of piperazine rings is 1. The van der Waals surface area contributed by atoms with Crippen molar-refractivity contribution in [3.05, 3.63) is 28.8 Å². The van der Waals surface area contributed by atoms with Gasteiger partial charge in [0.1, 0.15) is 5.75 Å². The van der Waals surface area contributed by atoms with Crippen LogP contribution < -0.4 is 10.1 Å². The highest BCUT2D eigenvalue weighted by Gasteiger charge is 2.30. The van der Waals surface area contributed by atoms with Gasteiger partial charge in [0.2, 0.25) is 0 Å². The van der Waals surface area contributed by atoms with Crippen LogP contribution in [-0.4, -0.2) is 63.2 Å². The Morgan fingerprint density at radius 2 is 2.14 bits per heavy atom. The second-order valence-electron chi connectivity index (χ2n) is 5.74. The van der Waals surface area contributed by atoms with Gasteiger partial charge in [-0.05, 0) is 38.3 Å². The van der Waals surface area contributed by atoms with Crippen LogP contribution in [-0.2, 0) is 0 Å². The van der Waals surface area contributed by atoms with E-state index in [0.717, 1.165) is 31.9 Å². The first-order valence-electron chi connectivity index (χ1n) is 7.52. The summed E-state index contributed by atoms with van der Waals surface area (Å²) in [6.07, 6.45) is 0. The maximum absolute atomic E-state index is 6.15. The molecule has 4 nitrogen and oxygen atoms in total. The summed E-state index contributed by atoms with van der Waals surface area (Å²) in [5.74, 6) is 0.740. The number of rotatable bonds is 5. The first kappa shape index (κ1) is 16.6. The highest BCUT2D eigenvalue weighted by atomic mass is 35.5. The molecule has 1 saturated heterocycles. The molecule has 118 valence electrons. The minimum Gasteiger partial charge on any atom is -0.495 e. The van der Waals surface area contributed by atoms with Crippen molar-refractivity contribution in [2.45, 2.75) is 19.0 Å². The van der Waals surface area contributed by atoms with Gasteiger partial charge in [0.15, 0.2) is 0 Å². The average Bonchev–Trinajstić information content (AvgIpc) is 2.48. The fourth-order valence-corrected chi connectivity index (χ4v) is 3.16. The van der Waals surface area contributed by atoms with Gasteiger partial charge in [-0.15, -0.1) is 0 Å². The highest BCUT2D eigenvalue weighted by Crippen LogP contribution is 2.30. The lowest BCUT2D eigenvalue weighted by Gasteiger charge is -2.42. The van der Waals surface area contributed by atoms with Crippen LogP contribution >= 0.6 is 11.6 Å². The van der Waals surface area contributed by atoms with E-state index in [2.05, 4.69) is 48.3 Å². The zero-order valence-corrected chi connectivity index (χ0v) is 14.2. The van der Waals surface area contributed by atoms with Crippen LogP contribution in [0.25, 0.3) is 0 Å². The van der Waals surface area contributed by atoms with E-state index in [4.69, 9.17) is 16.3 Å². The largest absolute Gasteiger partial charge is 0.495 e. The molecule has 0 aromatic heterocycles. The molecule has 1 aliphatic heterocycles. The molecule has 0 amide bonds. The van der Waals surface area contributed by atoms with Crippen LogP contribution in [0, 0.1) is 0 Å². The molecule has 2 atom stereocenters. The summed E-state index contributed by atoms with van der Waals surface area (Å²) in [7, 11) is 6.05. The third kappa shape index (κ3) is 3.89. The molecule has 1 heterocycles. The van der Waals surface area contributed by atoms with E-state index in [-0.39, 0.29) is 6.04 Å². The Kier molecular flexibility index (Phi) is 5.88. The quantitative estimate of drug-likeness (QED) is 0.902. The van der Waals surface area contributed by atoms with Crippen molar-refractivity contribution in [1.82, 2.24) is 15.1 Å². The molecule has 0 spiro atoms. The SMILES string of the molecule is CCNC(c1ccc(Cl)c(OC)c1)C1CN(C)CCN1C. The van der Waals surface area contributed by atoms with Gasteiger partial charge >= 0.3 is 0 Å². The van der Waals surface area contributed by atoms with Crippen molar-refractivity contribution in [2.75, 3.05) is 47.4 Å². The third-order valence-corrected chi connectivity index (χ3v) is 4.55. The van der Waals surface area contributed by atoms with E-state index in [1.165, 1.54) is 5.56 Å². The summed E-state index contributed by atoms with van der Waals surface area (Å²) >= 11 is 6.15. The molecule has 1 N–H and O–H groups in total. The smallest absolute Gasteiger partial charge is 0.137 e.